The summed E-state index contributed by atoms with van der Waals surface area (Å²) in [6.07, 6.45) is 3.62. The number of hydrogen-bond donors (Lipinski definition) is 2. The maximum Gasteiger partial charge on any atom is 0.326 e. The third-order valence-electron chi connectivity index (χ3n) is 6.63. The molecule has 0 aromatic heterocycles. The van der Waals surface area contributed by atoms with E-state index in [9.17, 15) is 14.7 Å². The summed E-state index contributed by atoms with van der Waals surface area (Å²) in [5, 5.41) is 12.7. The molecule has 3 aromatic carbocycles. The number of benzene rings is 3. The molecule has 3 aromatic rings. The van der Waals surface area contributed by atoms with Crippen LogP contribution in [0.2, 0.25) is 0 Å². The zero-order valence-electron chi connectivity index (χ0n) is 18.8. The van der Waals surface area contributed by atoms with Crippen molar-refractivity contribution < 1.29 is 19.4 Å². The van der Waals surface area contributed by atoms with Crippen molar-refractivity contribution in [3.63, 3.8) is 0 Å². The quantitative estimate of drug-likeness (QED) is 0.515. The Hall–Kier alpha value is -3.60. The van der Waals surface area contributed by atoms with Gasteiger partial charge in [-0.1, -0.05) is 85.6 Å². The maximum atomic E-state index is 13.4. The van der Waals surface area contributed by atoms with E-state index >= 15 is 0 Å². The minimum atomic E-state index is -1.03. The Morgan fingerprint density at radius 3 is 2.21 bits per heavy atom. The maximum absolute atomic E-state index is 13.4. The monoisotopic (exact) mass is 443 g/mol. The molecule has 1 amide bonds. The Labute approximate surface area is 194 Å². The fourth-order valence-corrected chi connectivity index (χ4v) is 4.82. The van der Waals surface area contributed by atoms with Gasteiger partial charge in [-0.05, 0) is 35.6 Å². The first-order chi connectivity index (χ1) is 16.0. The standard InChI is InChI=1S/C28H29NO4/c1-33-25-12-6-5-11-23(25)21-15-13-20(14-16-21)19-24(26(30)31)29-27(32)28(17-7-8-18-28)22-9-3-2-4-10-22/h2-6,9-16,24H,7-8,17-19H2,1H3,(H,29,32)(H,30,31)/t24-/m0/s1. The van der Waals surface area contributed by atoms with Crippen molar-refractivity contribution in [2.45, 2.75) is 43.6 Å². The van der Waals surface area contributed by atoms with Crippen molar-refractivity contribution in [1.82, 2.24) is 5.32 Å². The van der Waals surface area contributed by atoms with Crippen LogP contribution in [0.25, 0.3) is 11.1 Å². The molecule has 1 aliphatic rings. The fourth-order valence-electron chi connectivity index (χ4n) is 4.82. The Balaban J connectivity index is 1.51. The normalized spacial score (nSPS) is 15.5. The van der Waals surface area contributed by atoms with Crippen LogP contribution in [0.4, 0.5) is 0 Å². The summed E-state index contributed by atoms with van der Waals surface area (Å²) < 4.78 is 5.44. The second kappa shape index (κ2) is 9.90. The number of carbonyl (C=O) groups excluding carboxylic acids is 1. The molecule has 5 heteroatoms. The number of carboxylic acid groups (broad SMARTS) is 1. The molecular formula is C28H29NO4. The van der Waals surface area contributed by atoms with E-state index in [1.807, 2.05) is 78.9 Å². The van der Waals surface area contributed by atoms with Gasteiger partial charge in [-0.3, -0.25) is 4.79 Å². The number of methoxy groups -OCH3 is 1. The van der Waals surface area contributed by atoms with E-state index < -0.39 is 17.4 Å². The zero-order chi connectivity index (χ0) is 23.3. The van der Waals surface area contributed by atoms with Crippen LogP contribution in [0.1, 0.15) is 36.8 Å². The SMILES string of the molecule is COc1ccccc1-c1ccc(C[C@H](NC(=O)C2(c3ccccc3)CCCC2)C(=O)O)cc1. The summed E-state index contributed by atoms with van der Waals surface area (Å²) in [5.41, 5.74) is 3.12. The molecule has 2 N–H and O–H groups in total. The van der Waals surface area contributed by atoms with Crippen LogP contribution in [0, 0.1) is 0 Å². The number of carbonyl (C=O) groups is 2. The van der Waals surface area contributed by atoms with Crippen molar-refractivity contribution in [3.05, 3.63) is 90.0 Å². The van der Waals surface area contributed by atoms with Gasteiger partial charge in [0.1, 0.15) is 11.8 Å². The Morgan fingerprint density at radius 1 is 0.939 bits per heavy atom. The molecule has 33 heavy (non-hydrogen) atoms. The summed E-state index contributed by atoms with van der Waals surface area (Å²) in [6.45, 7) is 0. The van der Waals surface area contributed by atoms with Crippen LogP contribution in [0.3, 0.4) is 0 Å². The largest absolute Gasteiger partial charge is 0.496 e. The molecule has 1 aliphatic carbocycles. The van der Waals surface area contributed by atoms with Crippen molar-refractivity contribution >= 4 is 11.9 Å². The van der Waals surface area contributed by atoms with Crippen LogP contribution in [0.15, 0.2) is 78.9 Å². The summed E-state index contributed by atoms with van der Waals surface area (Å²) in [6, 6.07) is 24.2. The first kappa shape index (κ1) is 22.6. The van der Waals surface area contributed by atoms with Crippen LogP contribution in [0.5, 0.6) is 5.75 Å². The Bertz CT molecular complexity index is 1100. The number of nitrogens with one attached hydrogen (secondary N) is 1. The Morgan fingerprint density at radius 2 is 1.58 bits per heavy atom. The van der Waals surface area contributed by atoms with Gasteiger partial charge < -0.3 is 15.2 Å². The highest BCUT2D eigenvalue weighted by Crippen LogP contribution is 2.41. The number of ether oxygens (including phenoxy) is 1. The number of carboxylic acids is 1. The van der Waals surface area contributed by atoms with Gasteiger partial charge in [0.05, 0.1) is 12.5 Å². The van der Waals surface area contributed by atoms with E-state index in [0.29, 0.717) is 0 Å². The smallest absolute Gasteiger partial charge is 0.326 e. The van der Waals surface area contributed by atoms with Crippen molar-refractivity contribution in [1.29, 1.82) is 0 Å². The number of aliphatic carboxylic acids is 1. The highest BCUT2D eigenvalue weighted by atomic mass is 16.5. The predicted octanol–water partition coefficient (Wildman–Crippen LogP) is 4.99. The first-order valence-electron chi connectivity index (χ1n) is 11.3. The van der Waals surface area contributed by atoms with Crippen LogP contribution < -0.4 is 10.1 Å². The third kappa shape index (κ3) is 4.77. The molecule has 0 unspecified atom stereocenters. The number of amides is 1. The minimum absolute atomic E-state index is 0.191. The molecule has 0 saturated heterocycles. The second-order valence-corrected chi connectivity index (χ2v) is 8.62. The van der Waals surface area contributed by atoms with Crippen LogP contribution in [-0.2, 0) is 21.4 Å². The molecule has 170 valence electrons. The molecule has 4 rings (SSSR count). The van der Waals surface area contributed by atoms with Gasteiger partial charge in [0.25, 0.3) is 0 Å². The molecule has 1 saturated carbocycles. The molecule has 0 radical (unpaired) electrons. The van der Waals surface area contributed by atoms with E-state index in [2.05, 4.69) is 5.32 Å². The van der Waals surface area contributed by atoms with Gasteiger partial charge in [0.15, 0.2) is 0 Å². The number of hydrogen-bond acceptors (Lipinski definition) is 3. The van der Waals surface area contributed by atoms with Gasteiger partial charge in [-0.15, -0.1) is 0 Å². The molecule has 1 atom stereocenters. The van der Waals surface area contributed by atoms with Gasteiger partial charge in [0, 0.05) is 12.0 Å². The topological polar surface area (TPSA) is 75.6 Å². The van der Waals surface area contributed by atoms with Crippen LogP contribution in [-0.4, -0.2) is 30.1 Å². The van der Waals surface area contributed by atoms with Gasteiger partial charge in [-0.2, -0.15) is 0 Å². The summed E-state index contributed by atoms with van der Waals surface area (Å²) >= 11 is 0. The molecule has 5 nitrogen and oxygen atoms in total. The van der Waals surface area contributed by atoms with Gasteiger partial charge in [-0.25, -0.2) is 4.79 Å². The lowest BCUT2D eigenvalue weighted by molar-refractivity contribution is -0.142. The average Bonchev–Trinajstić information content (AvgIpc) is 3.36. The lowest BCUT2D eigenvalue weighted by Crippen LogP contribution is -2.50. The van der Waals surface area contributed by atoms with E-state index in [1.54, 1.807) is 7.11 Å². The number of para-hydroxylation sites is 1. The lowest BCUT2D eigenvalue weighted by atomic mass is 9.77. The summed E-state index contributed by atoms with van der Waals surface area (Å²) in [4.78, 5) is 25.4. The highest BCUT2D eigenvalue weighted by molar-refractivity contribution is 5.92. The fraction of sp³-hybridized carbons (Fsp3) is 0.286. The molecule has 0 aliphatic heterocycles. The number of rotatable bonds is 8. The van der Waals surface area contributed by atoms with E-state index in [1.165, 1.54) is 0 Å². The summed E-state index contributed by atoms with van der Waals surface area (Å²) in [5.74, 6) is -0.439. The van der Waals surface area contributed by atoms with Gasteiger partial charge >= 0.3 is 5.97 Å². The van der Waals surface area contributed by atoms with Crippen molar-refractivity contribution in [2.75, 3.05) is 7.11 Å². The van der Waals surface area contributed by atoms with E-state index in [-0.39, 0.29) is 12.3 Å². The van der Waals surface area contributed by atoms with Crippen molar-refractivity contribution in [2.24, 2.45) is 0 Å². The average molecular weight is 444 g/mol. The zero-order valence-corrected chi connectivity index (χ0v) is 18.8. The molecule has 0 spiro atoms. The lowest BCUT2D eigenvalue weighted by Gasteiger charge is -2.30. The molecule has 1 fully saturated rings. The van der Waals surface area contributed by atoms with Gasteiger partial charge in [0.2, 0.25) is 5.91 Å². The first-order valence-corrected chi connectivity index (χ1v) is 11.3. The molecule has 0 bridgehead atoms. The van der Waals surface area contributed by atoms with Crippen LogP contribution >= 0.6 is 0 Å². The highest BCUT2D eigenvalue weighted by Gasteiger charge is 2.43. The van der Waals surface area contributed by atoms with E-state index in [4.69, 9.17) is 4.74 Å². The molecular weight excluding hydrogens is 414 g/mol. The van der Waals surface area contributed by atoms with Crippen molar-refractivity contribution in [3.8, 4) is 16.9 Å². The third-order valence-corrected chi connectivity index (χ3v) is 6.63. The minimum Gasteiger partial charge on any atom is -0.496 e. The second-order valence-electron chi connectivity index (χ2n) is 8.62. The summed E-state index contributed by atoms with van der Waals surface area (Å²) in [7, 11) is 1.64. The predicted molar refractivity (Wildman–Crippen MR) is 128 cm³/mol. The molecule has 0 heterocycles. The van der Waals surface area contributed by atoms with E-state index in [0.717, 1.165) is 53.7 Å². The Kier molecular flexibility index (Phi) is 6.78.